The van der Waals surface area contributed by atoms with Gasteiger partial charge in [0.25, 0.3) is 0 Å². The topological polar surface area (TPSA) is 22.1 Å². The van der Waals surface area contributed by atoms with E-state index in [2.05, 4.69) is 48.3 Å². The summed E-state index contributed by atoms with van der Waals surface area (Å²) in [6, 6.07) is 28.4. The third-order valence-electron chi connectivity index (χ3n) is 4.08. The molecule has 0 atom stereocenters. The standard InChI is InChI=1S/C22H17NO/c1-16-8-7-11-18-14-15-21(23-22(16)18)24-20-13-6-5-12-19(20)17-9-3-2-4-10-17/h2-15H,1H3. The Balaban J connectivity index is 1.75. The third kappa shape index (κ3) is 2.74. The average Bonchev–Trinajstić information content (AvgIpc) is 2.64. The summed E-state index contributed by atoms with van der Waals surface area (Å²) in [5, 5.41) is 1.12. The third-order valence-corrected chi connectivity index (χ3v) is 4.08. The van der Waals surface area contributed by atoms with Crippen molar-refractivity contribution in [2.45, 2.75) is 6.92 Å². The Morgan fingerprint density at radius 3 is 2.38 bits per heavy atom. The lowest BCUT2D eigenvalue weighted by Gasteiger charge is -2.11. The van der Waals surface area contributed by atoms with Gasteiger partial charge in [0.15, 0.2) is 0 Å². The van der Waals surface area contributed by atoms with Crippen molar-refractivity contribution >= 4 is 10.9 Å². The van der Waals surface area contributed by atoms with Gasteiger partial charge in [-0.15, -0.1) is 0 Å². The Labute approximate surface area is 141 Å². The highest BCUT2D eigenvalue weighted by atomic mass is 16.5. The molecular weight excluding hydrogens is 294 g/mol. The van der Waals surface area contributed by atoms with Gasteiger partial charge in [-0.1, -0.05) is 66.7 Å². The van der Waals surface area contributed by atoms with Crippen LogP contribution in [0.4, 0.5) is 0 Å². The second-order valence-corrected chi connectivity index (χ2v) is 5.76. The number of aryl methyl sites for hydroxylation is 1. The predicted molar refractivity (Wildman–Crippen MR) is 98.4 cm³/mol. The van der Waals surface area contributed by atoms with Crippen LogP contribution in [0, 0.1) is 6.92 Å². The Morgan fingerprint density at radius 1 is 0.708 bits per heavy atom. The number of nitrogens with zero attached hydrogens (tertiary/aromatic N) is 1. The van der Waals surface area contributed by atoms with Crippen molar-refractivity contribution in [2.24, 2.45) is 0 Å². The molecule has 0 saturated heterocycles. The lowest BCUT2D eigenvalue weighted by atomic mass is 10.1. The minimum atomic E-state index is 0.611. The van der Waals surface area contributed by atoms with E-state index in [4.69, 9.17) is 4.74 Å². The van der Waals surface area contributed by atoms with E-state index < -0.39 is 0 Å². The van der Waals surface area contributed by atoms with Crippen LogP contribution in [0.5, 0.6) is 11.6 Å². The summed E-state index contributed by atoms with van der Waals surface area (Å²) in [6.07, 6.45) is 0. The molecular formula is C22H17NO. The summed E-state index contributed by atoms with van der Waals surface area (Å²) in [7, 11) is 0. The summed E-state index contributed by atoms with van der Waals surface area (Å²) in [6.45, 7) is 2.07. The molecule has 4 rings (SSSR count). The van der Waals surface area contributed by atoms with Crippen LogP contribution in [0.3, 0.4) is 0 Å². The molecule has 2 heteroatoms. The lowest BCUT2D eigenvalue weighted by molar-refractivity contribution is 0.467. The van der Waals surface area contributed by atoms with Gasteiger partial charge >= 0.3 is 0 Å². The summed E-state index contributed by atoms with van der Waals surface area (Å²) < 4.78 is 6.12. The van der Waals surface area contributed by atoms with Crippen LogP contribution < -0.4 is 4.74 Å². The second kappa shape index (κ2) is 6.17. The number of hydrogen-bond donors (Lipinski definition) is 0. The normalized spacial score (nSPS) is 10.7. The van der Waals surface area contributed by atoms with Crippen LogP contribution in [-0.2, 0) is 0 Å². The molecule has 1 heterocycles. The molecule has 0 unspecified atom stereocenters. The van der Waals surface area contributed by atoms with Gasteiger partial charge < -0.3 is 4.74 Å². The predicted octanol–water partition coefficient (Wildman–Crippen LogP) is 6.00. The number of para-hydroxylation sites is 2. The Hall–Kier alpha value is -3.13. The molecule has 1 aromatic heterocycles. The van der Waals surface area contributed by atoms with E-state index in [0.29, 0.717) is 5.88 Å². The highest BCUT2D eigenvalue weighted by molar-refractivity contribution is 5.82. The molecule has 0 radical (unpaired) electrons. The van der Waals surface area contributed by atoms with Gasteiger partial charge in [0, 0.05) is 17.0 Å². The summed E-state index contributed by atoms with van der Waals surface area (Å²) in [4.78, 5) is 4.68. The molecule has 0 bridgehead atoms. The van der Waals surface area contributed by atoms with Crippen molar-refractivity contribution in [3.05, 3.63) is 90.5 Å². The first-order valence-corrected chi connectivity index (χ1v) is 8.00. The zero-order chi connectivity index (χ0) is 16.4. The van der Waals surface area contributed by atoms with Gasteiger partial charge in [-0.2, -0.15) is 0 Å². The fourth-order valence-corrected chi connectivity index (χ4v) is 2.86. The number of rotatable bonds is 3. The van der Waals surface area contributed by atoms with Gasteiger partial charge in [-0.25, -0.2) is 4.98 Å². The summed E-state index contributed by atoms with van der Waals surface area (Å²) >= 11 is 0. The zero-order valence-electron chi connectivity index (χ0n) is 13.4. The van der Waals surface area contributed by atoms with E-state index in [1.165, 1.54) is 0 Å². The first kappa shape index (κ1) is 14.5. The SMILES string of the molecule is Cc1cccc2ccc(Oc3ccccc3-c3ccccc3)nc12. The van der Waals surface area contributed by atoms with Gasteiger partial charge in [-0.3, -0.25) is 0 Å². The highest BCUT2D eigenvalue weighted by Gasteiger charge is 2.08. The Bertz CT molecular complexity index is 993. The highest BCUT2D eigenvalue weighted by Crippen LogP contribution is 2.33. The van der Waals surface area contributed by atoms with E-state index in [9.17, 15) is 0 Å². The van der Waals surface area contributed by atoms with Gasteiger partial charge in [0.2, 0.25) is 5.88 Å². The van der Waals surface area contributed by atoms with Crippen molar-refractivity contribution in [1.82, 2.24) is 4.98 Å². The molecule has 2 nitrogen and oxygen atoms in total. The minimum absolute atomic E-state index is 0.611. The quantitative estimate of drug-likeness (QED) is 0.463. The number of aromatic nitrogens is 1. The van der Waals surface area contributed by atoms with Gasteiger partial charge in [0.05, 0.1) is 5.52 Å². The number of benzene rings is 3. The average molecular weight is 311 g/mol. The molecule has 0 aliphatic heterocycles. The van der Waals surface area contributed by atoms with E-state index in [-0.39, 0.29) is 0 Å². The van der Waals surface area contributed by atoms with E-state index in [1.54, 1.807) is 0 Å². The maximum atomic E-state index is 6.12. The van der Waals surface area contributed by atoms with Crippen LogP contribution in [0.25, 0.3) is 22.0 Å². The van der Waals surface area contributed by atoms with Crippen LogP contribution in [-0.4, -0.2) is 4.98 Å². The van der Waals surface area contributed by atoms with Crippen LogP contribution in [0.1, 0.15) is 5.56 Å². The first-order valence-electron chi connectivity index (χ1n) is 8.00. The molecule has 0 aliphatic carbocycles. The minimum Gasteiger partial charge on any atom is -0.438 e. The number of fused-ring (bicyclic) bond motifs is 1. The number of pyridine rings is 1. The molecule has 24 heavy (non-hydrogen) atoms. The molecule has 0 saturated carbocycles. The molecule has 0 fully saturated rings. The zero-order valence-corrected chi connectivity index (χ0v) is 13.4. The fourth-order valence-electron chi connectivity index (χ4n) is 2.86. The van der Waals surface area contributed by atoms with Gasteiger partial charge in [-0.05, 0) is 30.2 Å². The Morgan fingerprint density at radius 2 is 1.50 bits per heavy atom. The largest absolute Gasteiger partial charge is 0.438 e. The molecule has 0 amide bonds. The van der Waals surface area contributed by atoms with E-state index >= 15 is 0 Å². The monoisotopic (exact) mass is 311 g/mol. The van der Waals surface area contributed by atoms with Crippen molar-refractivity contribution in [2.75, 3.05) is 0 Å². The van der Waals surface area contributed by atoms with E-state index in [1.807, 2.05) is 48.5 Å². The second-order valence-electron chi connectivity index (χ2n) is 5.76. The molecule has 0 spiro atoms. The van der Waals surface area contributed by atoms with Crippen LogP contribution in [0.15, 0.2) is 84.9 Å². The summed E-state index contributed by atoms with van der Waals surface area (Å²) in [5.74, 6) is 1.42. The first-order chi connectivity index (χ1) is 11.8. The number of ether oxygens (including phenoxy) is 1. The molecule has 4 aromatic rings. The van der Waals surface area contributed by atoms with Crippen molar-refractivity contribution in [3.8, 4) is 22.8 Å². The summed E-state index contributed by atoms with van der Waals surface area (Å²) in [5.41, 5.74) is 4.32. The molecule has 0 aliphatic rings. The van der Waals surface area contributed by atoms with Crippen molar-refractivity contribution in [3.63, 3.8) is 0 Å². The molecule has 116 valence electrons. The molecule has 0 N–H and O–H groups in total. The van der Waals surface area contributed by atoms with Crippen molar-refractivity contribution < 1.29 is 4.74 Å². The number of hydrogen-bond acceptors (Lipinski definition) is 2. The van der Waals surface area contributed by atoms with E-state index in [0.717, 1.165) is 33.3 Å². The maximum Gasteiger partial charge on any atom is 0.219 e. The Kier molecular flexibility index (Phi) is 3.72. The lowest BCUT2D eigenvalue weighted by Crippen LogP contribution is -1.92. The van der Waals surface area contributed by atoms with Crippen molar-refractivity contribution in [1.29, 1.82) is 0 Å². The van der Waals surface area contributed by atoms with Gasteiger partial charge in [0.1, 0.15) is 5.75 Å². The maximum absolute atomic E-state index is 6.12. The van der Waals surface area contributed by atoms with Crippen LogP contribution in [0.2, 0.25) is 0 Å². The van der Waals surface area contributed by atoms with Crippen LogP contribution >= 0.6 is 0 Å². The fraction of sp³-hybridized carbons (Fsp3) is 0.0455. The molecule has 3 aromatic carbocycles. The smallest absolute Gasteiger partial charge is 0.219 e.